The maximum absolute atomic E-state index is 11.0. The van der Waals surface area contributed by atoms with Gasteiger partial charge in [-0.2, -0.15) is 0 Å². The number of fused-ring (bicyclic) bond motifs is 1. The molecular formula is C14H18O3. The first kappa shape index (κ1) is 12.1. The second-order valence-corrected chi connectivity index (χ2v) is 5.35. The van der Waals surface area contributed by atoms with Gasteiger partial charge in [-0.15, -0.1) is 0 Å². The number of carboxylic acid groups (broad SMARTS) is 1. The Balaban J connectivity index is 2.34. The van der Waals surface area contributed by atoms with E-state index in [-0.39, 0.29) is 5.92 Å². The Morgan fingerprint density at radius 1 is 1.41 bits per heavy atom. The van der Waals surface area contributed by atoms with Crippen molar-refractivity contribution in [3.8, 4) is 0 Å². The zero-order valence-corrected chi connectivity index (χ0v) is 10.2. The minimum Gasteiger partial charge on any atom is -0.479 e. The summed E-state index contributed by atoms with van der Waals surface area (Å²) < 4.78 is 0. The first-order valence-corrected chi connectivity index (χ1v) is 5.93. The van der Waals surface area contributed by atoms with Crippen LogP contribution in [0.5, 0.6) is 0 Å². The van der Waals surface area contributed by atoms with Crippen LogP contribution in [-0.4, -0.2) is 22.3 Å². The average Bonchev–Trinajstić information content (AvgIpc) is 2.72. The standard InChI is InChI=1S/C14H18O3/c1-14(2,12(15)13(16)17)11-8-7-9-5-3-4-6-10(9)11/h3-6,11-12,15H,7-8H2,1-2H3,(H,16,17). The van der Waals surface area contributed by atoms with Crippen molar-refractivity contribution < 1.29 is 15.0 Å². The molecule has 17 heavy (non-hydrogen) atoms. The van der Waals surface area contributed by atoms with E-state index in [4.69, 9.17) is 5.11 Å². The number of carboxylic acids is 1. The molecule has 0 amide bonds. The Bertz CT molecular complexity index is 437. The van der Waals surface area contributed by atoms with E-state index >= 15 is 0 Å². The number of hydrogen-bond acceptors (Lipinski definition) is 2. The van der Waals surface area contributed by atoms with Crippen molar-refractivity contribution in [1.82, 2.24) is 0 Å². The van der Waals surface area contributed by atoms with Gasteiger partial charge in [0.15, 0.2) is 6.10 Å². The lowest BCUT2D eigenvalue weighted by Gasteiger charge is -2.34. The molecule has 2 N–H and O–H groups in total. The van der Waals surface area contributed by atoms with E-state index in [1.807, 2.05) is 32.0 Å². The van der Waals surface area contributed by atoms with Crippen molar-refractivity contribution in [2.24, 2.45) is 5.41 Å². The predicted octanol–water partition coefficient (Wildman–Crippen LogP) is 2.19. The molecule has 0 fully saturated rings. The molecule has 0 aliphatic heterocycles. The molecule has 1 aromatic rings. The topological polar surface area (TPSA) is 57.5 Å². The Hall–Kier alpha value is -1.35. The molecule has 0 radical (unpaired) electrons. The van der Waals surface area contributed by atoms with Crippen molar-refractivity contribution in [2.75, 3.05) is 0 Å². The third-order valence-corrected chi connectivity index (χ3v) is 3.97. The summed E-state index contributed by atoms with van der Waals surface area (Å²) in [5, 5.41) is 18.8. The predicted molar refractivity (Wildman–Crippen MR) is 64.9 cm³/mol. The number of aryl methyl sites for hydroxylation is 1. The quantitative estimate of drug-likeness (QED) is 0.842. The van der Waals surface area contributed by atoms with E-state index in [1.165, 1.54) is 11.1 Å². The van der Waals surface area contributed by atoms with Crippen LogP contribution in [0.3, 0.4) is 0 Å². The Labute approximate surface area is 101 Å². The molecular weight excluding hydrogens is 216 g/mol. The fourth-order valence-corrected chi connectivity index (χ4v) is 2.84. The van der Waals surface area contributed by atoms with Crippen molar-refractivity contribution in [3.63, 3.8) is 0 Å². The van der Waals surface area contributed by atoms with Crippen LogP contribution in [0.4, 0.5) is 0 Å². The van der Waals surface area contributed by atoms with E-state index in [9.17, 15) is 9.90 Å². The fraction of sp³-hybridized carbons (Fsp3) is 0.500. The molecule has 1 aliphatic carbocycles. The van der Waals surface area contributed by atoms with Gasteiger partial charge in [-0.25, -0.2) is 4.79 Å². The zero-order valence-electron chi connectivity index (χ0n) is 10.2. The summed E-state index contributed by atoms with van der Waals surface area (Å²) in [6, 6.07) is 8.10. The fourth-order valence-electron chi connectivity index (χ4n) is 2.84. The molecule has 2 rings (SSSR count). The summed E-state index contributed by atoms with van der Waals surface area (Å²) in [7, 11) is 0. The summed E-state index contributed by atoms with van der Waals surface area (Å²) in [6.07, 6.45) is 0.562. The van der Waals surface area contributed by atoms with E-state index < -0.39 is 17.5 Å². The van der Waals surface area contributed by atoms with Crippen molar-refractivity contribution in [1.29, 1.82) is 0 Å². The minimum atomic E-state index is -1.32. The van der Waals surface area contributed by atoms with Crippen LogP contribution in [0.2, 0.25) is 0 Å². The summed E-state index contributed by atoms with van der Waals surface area (Å²) in [5.41, 5.74) is 1.83. The van der Waals surface area contributed by atoms with Crippen molar-refractivity contribution >= 4 is 5.97 Å². The number of aliphatic carboxylic acids is 1. The van der Waals surface area contributed by atoms with Gasteiger partial charge in [-0.1, -0.05) is 38.1 Å². The molecule has 1 aromatic carbocycles. The summed E-state index contributed by atoms with van der Waals surface area (Å²) >= 11 is 0. The monoisotopic (exact) mass is 234 g/mol. The maximum Gasteiger partial charge on any atom is 0.333 e. The lowest BCUT2D eigenvalue weighted by atomic mass is 9.71. The number of rotatable bonds is 3. The molecule has 3 heteroatoms. The van der Waals surface area contributed by atoms with E-state index in [0.717, 1.165) is 12.8 Å². The molecule has 0 saturated carbocycles. The largest absolute Gasteiger partial charge is 0.479 e. The smallest absolute Gasteiger partial charge is 0.333 e. The van der Waals surface area contributed by atoms with Gasteiger partial charge in [0.25, 0.3) is 0 Å². The molecule has 0 heterocycles. The van der Waals surface area contributed by atoms with Crippen LogP contribution in [0.25, 0.3) is 0 Å². The highest BCUT2D eigenvalue weighted by Crippen LogP contribution is 2.46. The Kier molecular flexibility index (Phi) is 2.96. The van der Waals surface area contributed by atoms with E-state index in [0.29, 0.717) is 0 Å². The summed E-state index contributed by atoms with van der Waals surface area (Å²) in [6.45, 7) is 3.66. The van der Waals surface area contributed by atoms with Gasteiger partial charge in [0.1, 0.15) is 0 Å². The van der Waals surface area contributed by atoms with Gasteiger partial charge in [-0.3, -0.25) is 0 Å². The van der Waals surface area contributed by atoms with Gasteiger partial charge in [0.05, 0.1) is 0 Å². The lowest BCUT2D eigenvalue weighted by Crippen LogP contribution is -2.40. The van der Waals surface area contributed by atoms with E-state index in [2.05, 4.69) is 6.07 Å². The Morgan fingerprint density at radius 2 is 2.06 bits per heavy atom. The van der Waals surface area contributed by atoms with Crippen LogP contribution in [0.15, 0.2) is 24.3 Å². The third-order valence-electron chi connectivity index (χ3n) is 3.97. The molecule has 0 spiro atoms. The second kappa shape index (κ2) is 4.15. The zero-order chi connectivity index (χ0) is 12.6. The Morgan fingerprint density at radius 3 is 2.71 bits per heavy atom. The van der Waals surface area contributed by atoms with Crippen LogP contribution in [-0.2, 0) is 11.2 Å². The van der Waals surface area contributed by atoms with Crippen LogP contribution in [0, 0.1) is 5.41 Å². The number of hydrogen-bond donors (Lipinski definition) is 2. The molecule has 2 atom stereocenters. The highest BCUT2D eigenvalue weighted by atomic mass is 16.4. The van der Waals surface area contributed by atoms with Crippen LogP contribution in [0.1, 0.15) is 37.3 Å². The van der Waals surface area contributed by atoms with Gasteiger partial charge >= 0.3 is 5.97 Å². The first-order valence-electron chi connectivity index (χ1n) is 5.93. The van der Waals surface area contributed by atoms with Crippen LogP contribution >= 0.6 is 0 Å². The van der Waals surface area contributed by atoms with Crippen molar-refractivity contribution in [2.45, 2.75) is 38.7 Å². The normalized spacial score (nSPS) is 21.0. The number of aliphatic hydroxyl groups excluding tert-OH is 1. The first-order chi connectivity index (χ1) is 7.94. The molecule has 0 aromatic heterocycles. The molecule has 3 nitrogen and oxygen atoms in total. The van der Waals surface area contributed by atoms with Gasteiger partial charge in [0, 0.05) is 5.41 Å². The van der Waals surface area contributed by atoms with E-state index in [1.54, 1.807) is 0 Å². The highest BCUT2D eigenvalue weighted by molar-refractivity contribution is 5.73. The van der Waals surface area contributed by atoms with Gasteiger partial charge in [0.2, 0.25) is 0 Å². The SMILES string of the molecule is CC(C)(C(O)C(=O)O)C1CCc2ccccc21. The third kappa shape index (κ3) is 1.95. The molecule has 1 aliphatic rings. The molecule has 2 unspecified atom stereocenters. The molecule has 0 bridgehead atoms. The maximum atomic E-state index is 11.0. The molecule has 92 valence electrons. The lowest BCUT2D eigenvalue weighted by molar-refractivity contribution is -0.154. The summed E-state index contributed by atoms with van der Waals surface area (Å²) in [4.78, 5) is 11.0. The highest BCUT2D eigenvalue weighted by Gasteiger charge is 2.43. The van der Waals surface area contributed by atoms with Gasteiger partial charge in [-0.05, 0) is 29.9 Å². The van der Waals surface area contributed by atoms with Crippen LogP contribution < -0.4 is 0 Å². The number of benzene rings is 1. The number of aliphatic hydroxyl groups is 1. The summed E-state index contributed by atoms with van der Waals surface area (Å²) in [5.74, 6) is -1.02. The van der Waals surface area contributed by atoms with Crippen molar-refractivity contribution in [3.05, 3.63) is 35.4 Å². The molecule has 0 saturated heterocycles. The number of carbonyl (C=O) groups is 1. The second-order valence-electron chi connectivity index (χ2n) is 5.35. The average molecular weight is 234 g/mol. The van der Waals surface area contributed by atoms with Gasteiger partial charge < -0.3 is 10.2 Å². The minimum absolute atomic E-state index is 0.116.